The van der Waals surface area contributed by atoms with Gasteiger partial charge in [-0.2, -0.15) is 0 Å². The van der Waals surface area contributed by atoms with Crippen molar-refractivity contribution in [3.63, 3.8) is 0 Å². The summed E-state index contributed by atoms with van der Waals surface area (Å²) in [6.45, 7) is 0.0206. The molecule has 2 nitrogen and oxygen atoms in total. The first-order chi connectivity index (χ1) is 6.40. The standard InChI is InChI=1S/C11H16O2/c12-8-10-6-7-11(13-10)9-4-2-1-3-5-9/h6-7,9,12H,1-5,8H2. The molecule has 13 heavy (non-hydrogen) atoms. The van der Waals surface area contributed by atoms with Crippen LogP contribution in [0.15, 0.2) is 16.5 Å². The molecule has 1 aliphatic carbocycles. The largest absolute Gasteiger partial charge is 0.463 e. The third-order valence-corrected chi connectivity index (χ3v) is 2.85. The van der Waals surface area contributed by atoms with Crippen molar-refractivity contribution in [2.45, 2.75) is 44.6 Å². The summed E-state index contributed by atoms with van der Waals surface area (Å²) in [5, 5.41) is 8.86. The van der Waals surface area contributed by atoms with Crippen LogP contribution in [-0.2, 0) is 6.61 Å². The quantitative estimate of drug-likeness (QED) is 0.759. The smallest absolute Gasteiger partial charge is 0.129 e. The molecule has 0 saturated heterocycles. The van der Waals surface area contributed by atoms with Crippen molar-refractivity contribution in [1.82, 2.24) is 0 Å². The van der Waals surface area contributed by atoms with Gasteiger partial charge in [-0.1, -0.05) is 19.3 Å². The monoisotopic (exact) mass is 180 g/mol. The van der Waals surface area contributed by atoms with Gasteiger partial charge < -0.3 is 9.52 Å². The fraction of sp³-hybridized carbons (Fsp3) is 0.636. The average Bonchev–Trinajstić information content (AvgIpc) is 2.67. The highest BCUT2D eigenvalue weighted by Gasteiger charge is 2.18. The van der Waals surface area contributed by atoms with Gasteiger partial charge in [-0.25, -0.2) is 0 Å². The Balaban J connectivity index is 2.05. The van der Waals surface area contributed by atoms with Crippen LogP contribution in [-0.4, -0.2) is 5.11 Å². The van der Waals surface area contributed by atoms with E-state index in [0.29, 0.717) is 11.7 Å². The summed E-state index contributed by atoms with van der Waals surface area (Å²) < 4.78 is 5.52. The van der Waals surface area contributed by atoms with Gasteiger partial charge in [-0.3, -0.25) is 0 Å². The third-order valence-electron chi connectivity index (χ3n) is 2.85. The van der Waals surface area contributed by atoms with E-state index in [1.165, 1.54) is 32.1 Å². The molecule has 0 aliphatic heterocycles. The Labute approximate surface area is 78.6 Å². The van der Waals surface area contributed by atoms with E-state index in [1.807, 2.05) is 12.1 Å². The highest BCUT2D eigenvalue weighted by Crippen LogP contribution is 2.33. The maximum atomic E-state index is 8.86. The van der Waals surface area contributed by atoms with Crippen molar-refractivity contribution in [2.75, 3.05) is 0 Å². The Bertz CT molecular complexity index is 259. The number of hydrogen-bond donors (Lipinski definition) is 1. The van der Waals surface area contributed by atoms with Crippen LogP contribution in [0, 0.1) is 0 Å². The second-order valence-electron chi connectivity index (χ2n) is 3.80. The SMILES string of the molecule is OCc1ccc(C2CCCCC2)o1. The molecule has 1 aromatic rings. The van der Waals surface area contributed by atoms with Crippen molar-refractivity contribution in [1.29, 1.82) is 0 Å². The van der Waals surface area contributed by atoms with Crippen molar-refractivity contribution in [3.05, 3.63) is 23.7 Å². The molecular formula is C11H16O2. The van der Waals surface area contributed by atoms with Crippen LogP contribution in [0.1, 0.15) is 49.5 Å². The zero-order valence-corrected chi connectivity index (χ0v) is 7.83. The molecule has 1 N–H and O–H groups in total. The van der Waals surface area contributed by atoms with E-state index in [9.17, 15) is 0 Å². The predicted octanol–water partition coefficient (Wildman–Crippen LogP) is 2.82. The molecule has 1 aromatic heterocycles. The van der Waals surface area contributed by atoms with Crippen LogP contribution < -0.4 is 0 Å². The van der Waals surface area contributed by atoms with Crippen molar-refractivity contribution >= 4 is 0 Å². The molecule has 0 spiro atoms. The molecule has 1 aliphatic rings. The highest BCUT2D eigenvalue weighted by atomic mass is 16.4. The van der Waals surface area contributed by atoms with Gasteiger partial charge in [-0.05, 0) is 25.0 Å². The van der Waals surface area contributed by atoms with Crippen LogP contribution in [0.5, 0.6) is 0 Å². The molecule has 0 amide bonds. The highest BCUT2D eigenvalue weighted by molar-refractivity contribution is 5.11. The Hall–Kier alpha value is -0.760. The maximum absolute atomic E-state index is 8.86. The Morgan fingerprint density at radius 3 is 2.62 bits per heavy atom. The lowest BCUT2D eigenvalue weighted by atomic mass is 9.88. The van der Waals surface area contributed by atoms with Crippen molar-refractivity contribution in [2.24, 2.45) is 0 Å². The van der Waals surface area contributed by atoms with Gasteiger partial charge in [0.25, 0.3) is 0 Å². The fourth-order valence-electron chi connectivity index (χ4n) is 2.09. The maximum Gasteiger partial charge on any atom is 0.129 e. The minimum atomic E-state index is 0.0206. The first kappa shape index (κ1) is 8.82. The second kappa shape index (κ2) is 3.97. The summed E-state index contributed by atoms with van der Waals surface area (Å²) in [5.41, 5.74) is 0. The summed E-state index contributed by atoms with van der Waals surface area (Å²) in [7, 11) is 0. The Morgan fingerprint density at radius 1 is 1.23 bits per heavy atom. The minimum Gasteiger partial charge on any atom is -0.463 e. The molecule has 0 bridgehead atoms. The number of furan rings is 1. The second-order valence-corrected chi connectivity index (χ2v) is 3.80. The number of hydrogen-bond acceptors (Lipinski definition) is 2. The summed E-state index contributed by atoms with van der Waals surface area (Å²) in [5.74, 6) is 2.37. The van der Waals surface area contributed by atoms with Gasteiger partial charge in [0.1, 0.15) is 18.1 Å². The number of aliphatic hydroxyl groups is 1. The first-order valence-electron chi connectivity index (χ1n) is 5.09. The van der Waals surface area contributed by atoms with E-state index < -0.39 is 0 Å². The van der Waals surface area contributed by atoms with E-state index in [0.717, 1.165) is 5.76 Å². The molecule has 0 radical (unpaired) electrons. The van der Waals surface area contributed by atoms with E-state index in [4.69, 9.17) is 9.52 Å². The van der Waals surface area contributed by atoms with Gasteiger partial charge in [0.15, 0.2) is 0 Å². The topological polar surface area (TPSA) is 33.4 Å². The van der Waals surface area contributed by atoms with Gasteiger partial charge in [0, 0.05) is 5.92 Å². The lowest BCUT2D eigenvalue weighted by Crippen LogP contribution is -2.02. The van der Waals surface area contributed by atoms with Gasteiger partial charge in [0.2, 0.25) is 0 Å². The van der Waals surface area contributed by atoms with Gasteiger partial charge >= 0.3 is 0 Å². The fourth-order valence-corrected chi connectivity index (χ4v) is 2.09. The van der Waals surface area contributed by atoms with E-state index in [1.54, 1.807) is 0 Å². The van der Waals surface area contributed by atoms with Crippen LogP contribution >= 0.6 is 0 Å². The van der Waals surface area contributed by atoms with Crippen LogP contribution in [0.3, 0.4) is 0 Å². The first-order valence-corrected chi connectivity index (χ1v) is 5.09. The van der Waals surface area contributed by atoms with Crippen molar-refractivity contribution < 1.29 is 9.52 Å². The lowest BCUT2D eigenvalue weighted by molar-refractivity contribution is 0.238. The lowest BCUT2D eigenvalue weighted by Gasteiger charge is -2.19. The van der Waals surface area contributed by atoms with E-state index in [-0.39, 0.29) is 6.61 Å². The zero-order chi connectivity index (χ0) is 9.10. The minimum absolute atomic E-state index is 0.0206. The molecule has 0 unspecified atom stereocenters. The molecular weight excluding hydrogens is 164 g/mol. The molecule has 0 atom stereocenters. The number of rotatable bonds is 2. The van der Waals surface area contributed by atoms with Crippen LogP contribution in [0.2, 0.25) is 0 Å². The molecule has 1 heterocycles. The normalized spacial score (nSPS) is 19.2. The third kappa shape index (κ3) is 1.94. The van der Waals surface area contributed by atoms with Crippen LogP contribution in [0.4, 0.5) is 0 Å². The molecule has 2 rings (SSSR count). The Kier molecular flexibility index (Phi) is 2.69. The van der Waals surface area contributed by atoms with E-state index in [2.05, 4.69) is 0 Å². The van der Waals surface area contributed by atoms with Crippen LogP contribution in [0.25, 0.3) is 0 Å². The molecule has 2 heteroatoms. The summed E-state index contributed by atoms with van der Waals surface area (Å²) in [6, 6.07) is 3.89. The van der Waals surface area contributed by atoms with E-state index >= 15 is 0 Å². The number of aliphatic hydroxyl groups excluding tert-OH is 1. The summed E-state index contributed by atoms with van der Waals surface area (Å²) >= 11 is 0. The summed E-state index contributed by atoms with van der Waals surface area (Å²) in [4.78, 5) is 0. The molecule has 1 fully saturated rings. The Morgan fingerprint density at radius 2 is 2.00 bits per heavy atom. The zero-order valence-electron chi connectivity index (χ0n) is 7.83. The summed E-state index contributed by atoms with van der Waals surface area (Å²) in [6.07, 6.45) is 6.50. The molecule has 1 saturated carbocycles. The van der Waals surface area contributed by atoms with Gasteiger partial charge in [-0.15, -0.1) is 0 Å². The molecule has 0 aromatic carbocycles. The predicted molar refractivity (Wildman–Crippen MR) is 50.5 cm³/mol. The molecule has 72 valence electrons. The average molecular weight is 180 g/mol. The van der Waals surface area contributed by atoms with Crippen molar-refractivity contribution in [3.8, 4) is 0 Å². The van der Waals surface area contributed by atoms with Gasteiger partial charge in [0.05, 0.1) is 0 Å².